The summed E-state index contributed by atoms with van der Waals surface area (Å²) in [6, 6.07) is 0. The number of nitrogens with zero attached hydrogens (tertiary/aromatic N) is 3. The van der Waals surface area contributed by atoms with Gasteiger partial charge in [0, 0.05) is 10.8 Å². The molecule has 2 rings (SSSR count). The molecular weight excluding hydrogens is 324 g/mol. The van der Waals surface area contributed by atoms with Crippen LogP contribution >= 0.6 is 27.3 Å². The number of halogens is 1. The van der Waals surface area contributed by atoms with Gasteiger partial charge in [-0.1, -0.05) is 27.7 Å². The van der Waals surface area contributed by atoms with Gasteiger partial charge in [0.05, 0.1) is 15.2 Å². The van der Waals surface area contributed by atoms with Crippen LogP contribution in [0.2, 0.25) is 0 Å². The molecule has 6 heteroatoms. The fraction of sp³-hybridized carbons (Fsp3) is 0.462. The summed E-state index contributed by atoms with van der Waals surface area (Å²) < 4.78 is 0.782. The van der Waals surface area contributed by atoms with E-state index in [1.807, 2.05) is 12.3 Å². The van der Waals surface area contributed by atoms with Gasteiger partial charge in [-0.3, -0.25) is 0 Å². The molecule has 0 aromatic carbocycles. The van der Waals surface area contributed by atoms with Crippen LogP contribution in [0.5, 0.6) is 0 Å². The zero-order chi connectivity index (χ0) is 14.2. The molecule has 0 atom stereocenters. The Balaban J connectivity index is 2.48. The SMILES string of the molecule is CCc1nc(-c2csc(C(C)(C)C)n2)nc(N)c1Br. The Hall–Kier alpha value is -1.01. The van der Waals surface area contributed by atoms with Gasteiger partial charge in [-0.2, -0.15) is 0 Å². The minimum Gasteiger partial charge on any atom is -0.383 e. The van der Waals surface area contributed by atoms with Crippen molar-refractivity contribution >= 4 is 33.1 Å². The van der Waals surface area contributed by atoms with Crippen LogP contribution in [0, 0.1) is 0 Å². The Labute approximate surface area is 125 Å². The highest BCUT2D eigenvalue weighted by Gasteiger charge is 2.20. The summed E-state index contributed by atoms with van der Waals surface area (Å²) in [4.78, 5) is 13.5. The molecule has 0 amide bonds. The molecule has 0 fully saturated rings. The third-order valence-electron chi connectivity index (χ3n) is 2.66. The molecule has 0 spiro atoms. The number of aromatic nitrogens is 3. The van der Waals surface area contributed by atoms with E-state index in [2.05, 4.69) is 51.7 Å². The average molecular weight is 341 g/mol. The summed E-state index contributed by atoms with van der Waals surface area (Å²) in [5, 5.41) is 3.06. The number of thiazole rings is 1. The monoisotopic (exact) mass is 340 g/mol. The van der Waals surface area contributed by atoms with Crippen molar-refractivity contribution in [2.45, 2.75) is 39.5 Å². The Morgan fingerprint density at radius 3 is 2.47 bits per heavy atom. The second kappa shape index (κ2) is 5.17. The maximum Gasteiger partial charge on any atom is 0.181 e. The van der Waals surface area contributed by atoms with Gasteiger partial charge in [0.1, 0.15) is 11.5 Å². The average Bonchev–Trinajstić information content (AvgIpc) is 2.81. The lowest BCUT2D eigenvalue weighted by atomic mass is 9.98. The van der Waals surface area contributed by atoms with Gasteiger partial charge in [-0.25, -0.2) is 15.0 Å². The smallest absolute Gasteiger partial charge is 0.181 e. The van der Waals surface area contributed by atoms with Crippen molar-refractivity contribution < 1.29 is 0 Å². The van der Waals surface area contributed by atoms with E-state index in [9.17, 15) is 0 Å². The molecule has 2 heterocycles. The van der Waals surface area contributed by atoms with Crippen molar-refractivity contribution in [3.63, 3.8) is 0 Å². The number of hydrogen-bond acceptors (Lipinski definition) is 5. The number of nitrogens with two attached hydrogens (primary N) is 1. The van der Waals surface area contributed by atoms with Crippen molar-refractivity contribution in [3.8, 4) is 11.5 Å². The predicted octanol–water partition coefficient (Wildman–Crippen LogP) is 3.80. The third-order valence-corrected chi connectivity index (χ3v) is 4.79. The van der Waals surface area contributed by atoms with Gasteiger partial charge in [0.2, 0.25) is 0 Å². The van der Waals surface area contributed by atoms with Crippen LogP contribution in [0.25, 0.3) is 11.5 Å². The van der Waals surface area contributed by atoms with Crippen LogP contribution in [-0.4, -0.2) is 15.0 Å². The van der Waals surface area contributed by atoms with E-state index in [-0.39, 0.29) is 5.41 Å². The third kappa shape index (κ3) is 2.95. The van der Waals surface area contributed by atoms with Crippen LogP contribution < -0.4 is 5.73 Å². The van der Waals surface area contributed by atoms with Gasteiger partial charge in [-0.05, 0) is 22.4 Å². The summed E-state index contributed by atoms with van der Waals surface area (Å²) in [5.74, 6) is 1.07. The molecule has 4 nitrogen and oxygen atoms in total. The first-order valence-electron chi connectivity index (χ1n) is 6.11. The van der Waals surface area contributed by atoms with Crippen LogP contribution in [0.1, 0.15) is 38.4 Å². The molecule has 0 bridgehead atoms. The molecule has 19 heavy (non-hydrogen) atoms. The summed E-state index contributed by atoms with van der Waals surface area (Å²) in [7, 11) is 0. The lowest BCUT2D eigenvalue weighted by Crippen LogP contribution is -2.10. The van der Waals surface area contributed by atoms with Crippen molar-refractivity contribution in [3.05, 3.63) is 20.6 Å². The zero-order valence-corrected chi connectivity index (χ0v) is 13.9. The van der Waals surface area contributed by atoms with Gasteiger partial charge in [-0.15, -0.1) is 11.3 Å². The summed E-state index contributed by atoms with van der Waals surface area (Å²) in [5.41, 5.74) is 7.65. The van der Waals surface area contributed by atoms with Crippen molar-refractivity contribution in [2.24, 2.45) is 0 Å². The van der Waals surface area contributed by atoms with Crippen molar-refractivity contribution in [1.29, 1.82) is 0 Å². The molecular formula is C13H17BrN4S. The van der Waals surface area contributed by atoms with E-state index in [0.717, 1.165) is 27.3 Å². The molecule has 0 aliphatic rings. The summed E-state index contributed by atoms with van der Waals surface area (Å²) in [6.45, 7) is 8.47. The fourth-order valence-electron chi connectivity index (χ4n) is 1.58. The molecule has 102 valence electrons. The first-order valence-corrected chi connectivity index (χ1v) is 7.78. The number of rotatable bonds is 2. The quantitative estimate of drug-likeness (QED) is 0.902. The molecule has 0 aliphatic carbocycles. The first-order chi connectivity index (χ1) is 8.82. The van der Waals surface area contributed by atoms with E-state index >= 15 is 0 Å². The maximum atomic E-state index is 5.90. The number of anilines is 1. The number of nitrogen functional groups attached to an aromatic ring is 1. The predicted molar refractivity (Wildman–Crippen MR) is 83.3 cm³/mol. The van der Waals surface area contributed by atoms with E-state index in [0.29, 0.717) is 11.6 Å². The van der Waals surface area contributed by atoms with Gasteiger partial charge < -0.3 is 5.73 Å². The molecule has 2 aromatic heterocycles. The Morgan fingerprint density at radius 2 is 1.95 bits per heavy atom. The minimum absolute atomic E-state index is 0.0391. The van der Waals surface area contributed by atoms with Crippen molar-refractivity contribution in [1.82, 2.24) is 15.0 Å². The Morgan fingerprint density at radius 1 is 1.26 bits per heavy atom. The highest BCUT2D eigenvalue weighted by Crippen LogP contribution is 2.30. The topological polar surface area (TPSA) is 64.7 Å². The molecule has 2 aromatic rings. The maximum absolute atomic E-state index is 5.90. The highest BCUT2D eigenvalue weighted by molar-refractivity contribution is 9.10. The Kier molecular flexibility index (Phi) is 3.92. The largest absolute Gasteiger partial charge is 0.383 e. The number of aryl methyl sites for hydroxylation is 1. The van der Waals surface area contributed by atoms with Crippen LogP contribution in [0.3, 0.4) is 0 Å². The number of hydrogen-bond donors (Lipinski definition) is 1. The summed E-state index contributed by atoms with van der Waals surface area (Å²) in [6.07, 6.45) is 0.802. The fourth-order valence-corrected chi connectivity index (χ4v) is 2.93. The molecule has 2 N–H and O–H groups in total. The second-order valence-electron chi connectivity index (χ2n) is 5.33. The van der Waals surface area contributed by atoms with E-state index in [1.54, 1.807) is 11.3 Å². The molecule has 0 saturated carbocycles. The van der Waals surface area contributed by atoms with Crippen LogP contribution in [0.4, 0.5) is 5.82 Å². The minimum atomic E-state index is 0.0391. The van der Waals surface area contributed by atoms with Crippen molar-refractivity contribution in [2.75, 3.05) is 5.73 Å². The summed E-state index contributed by atoms with van der Waals surface area (Å²) >= 11 is 5.05. The van der Waals surface area contributed by atoms with Crippen LogP contribution in [-0.2, 0) is 11.8 Å². The standard InChI is InChI=1S/C13H17BrN4S/c1-5-7-9(14)10(15)18-11(16-7)8-6-19-12(17-8)13(2,3)4/h6H,5H2,1-4H3,(H2,15,16,18). The zero-order valence-electron chi connectivity index (χ0n) is 11.5. The normalized spacial score (nSPS) is 11.8. The lowest BCUT2D eigenvalue weighted by molar-refractivity contribution is 0.586. The molecule has 0 aliphatic heterocycles. The van der Waals surface area contributed by atoms with Crippen LogP contribution in [0.15, 0.2) is 9.85 Å². The van der Waals surface area contributed by atoms with Gasteiger partial charge >= 0.3 is 0 Å². The van der Waals surface area contributed by atoms with E-state index < -0.39 is 0 Å². The molecule has 0 radical (unpaired) electrons. The van der Waals surface area contributed by atoms with Gasteiger partial charge in [0.15, 0.2) is 5.82 Å². The van der Waals surface area contributed by atoms with E-state index in [4.69, 9.17) is 5.73 Å². The molecule has 0 unspecified atom stereocenters. The Bertz CT molecular complexity index is 601. The molecule has 0 saturated heterocycles. The lowest BCUT2D eigenvalue weighted by Gasteiger charge is -2.13. The van der Waals surface area contributed by atoms with Gasteiger partial charge in [0.25, 0.3) is 0 Å². The van der Waals surface area contributed by atoms with E-state index in [1.165, 1.54) is 0 Å². The second-order valence-corrected chi connectivity index (χ2v) is 6.99. The first kappa shape index (κ1) is 14.4. The highest BCUT2D eigenvalue weighted by atomic mass is 79.9.